The van der Waals surface area contributed by atoms with Crippen molar-refractivity contribution >= 4 is 26.7 Å². The molecular formula is C18H22N4O4S. The summed E-state index contributed by atoms with van der Waals surface area (Å²) in [6, 6.07) is 4.88. The molecular weight excluding hydrogens is 368 g/mol. The predicted octanol–water partition coefficient (Wildman–Crippen LogP) is 2.40. The van der Waals surface area contributed by atoms with Crippen molar-refractivity contribution in [3.05, 3.63) is 40.3 Å². The number of aromatic nitrogens is 3. The van der Waals surface area contributed by atoms with Gasteiger partial charge in [-0.2, -0.15) is 0 Å². The summed E-state index contributed by atoms with van der Waals surface area (Å²) in [7, 11) is -1.62. The van der Waals surface area contributed by atoms with Crippen LogP contribution in [0.25, 0.3) is 22.4 Å². The van der Waals surface area contributed by atoms with Crippen LogP contribution in [0.3, 0.4) is 0 Å². The number of nitrogens with one attached hydrogen (secondary N) is 2. The number of hydrogen-bond acceptors (Lipinski definition) is 5. The highest BCUT2D eigenvalue weighted by atomic mass is 32.2. The zero-order valence-electron chi connectivity index (χ0n) is 15.7. The third kappa shape index (κ3) is 3.97. The van der Waals surface area contributed by atoms with Gasteiger partial charge in [0.2, 0.25) is 10.0 Å². The monoisotopic (exact) mass is 390 g/mol. The van der Waals surface area contributed by atoms with E-state index in [1.165, 1.54) is 0 Å². The fraction of sp³-hybridized carbons (Fsp3) is 0.333. The van der Waals surface area contributed by atoms with Crippen LogP contribution >= 0.6 is 0 Å². The molecule has 0 aliphatic carbocycles. The molecule has 9 heteroatoms. The third-order valence-electron chi connectivity index (χ3n) is 4.02. The Kier molecular flexibility index (Phi) is 4.97. The first-order valence-electron chi connectivity index (χ1n) is 8.50. The summed E-state index contributed by atoms with van der Waals surface area (Å²) in [5.74, 6) is 0.835. The second-order valence-corrected chi connectivity index (χ2v) is 8.22. The maximum absolute atomic E-state index is 12.6. The number of fused-ring (bicyclic) bond motifs is 1. The van der Waals surface area contributed by atoms with E-state index in [-0.39, 0.29) is 5.56 Å². The van der Waals surface area contributed by atoms with Gasteiger partial charge in [-0.3, -0.25) is 9.52 Å². The molecule has 0 saturated carbocycles. The molecule has 0 aliphatic rings. The minimum atomic E-state index is -3.44. The van der Waals surface area contributed by atoms with Gasteiger partial charge in [-0.05, 0) is 37.1 Å². The van der Waals surface area contributed by atoms with Crippen LogP contribution < -0.4 is 15.0 Å². The Morgan fingerprint density at radius 2 is 2.07 bits per heavy atom. The standard InChI is InChI=1S/C18H22N4O4S/c1-5-8-26-14-7-6-12(21-27(4,24)25)9-13(14)16-19-17-15(18(23)20-16)11(2)10-22(17)3/h6-7,9-10,21H,5,8H2,1-4H3,(H,19,20,23). The Labute approximate surface area is 157 Å². The van der Waals surface area contributed by atoms with Crippen molar-refractivity contribution in [1.82, 2.24) is 14.5 Å². The lowest BCUT2D eigenvalue weighted by Crippen LogP contribution is -2.12. The van der Waals surface area contributed by atoms with Crippen LogP contribution in [0.1, 0.15) is 18.9 Å². The van der Waals surface area contributed by atoms with E-state index in [1.54, 1.807) is 22.8 Å². The van der Waals surface area contributed by atoms with E-state index in [0.29, 0.717) is 40.5 Å². The molecule has 0 saturated heterocycles. The first kappa shape index (κ1) is 19.0. The van der Waals surface area contributed by atoms with Crippen molar-refractivity contribution in [3.8, 4) is 17.1 Å². The molecule has 0 bridgehead atoms. The van der Waals surface area contributed by atoms with E-state index < -0.39 is 10.0 Å². The predicted molar refractivity (Wildman–Crippen MR) is 106 cm³/mol. The maximum Gasteiger partial charge on any atom is 0.260 e. The SMILES string of the molecule is CCCOc1ccc(NS(C)(=O)=O)cc1-c1nc2c(c(C)cn2C)c(=O)[nH]1. The molecule has 3 rings (SSSR count). The van der Waals surface area contributed by atoms with Gasteiger partial charge < -0.3 is 14.3 Å². The van der Waals surface area contributed by atoms with E-state index in [1.807, 2.05) is 27.1 Å². The van der Waals surface area contributed by atoms with Crippen molar-refractivity contribution in [3.63, 3.8) is 0 Å². The molecule has 27 heavy (non-hydrogen) atoms. The van der Waals surface area contributed by atoms with Gasteiger partial charge in [-0.15, -0.1) is 0 Å². The van der Waals surface area contributed by atoms with E-state index in [2.05, 4.69) is 14.7 Å². The first-order valence-corrected chi connectivity index (χ1v) is 10.4. The van der Waals surface area contributed by atoms with Crippen LogP contribution in [0.4, 0.5) is 5.69 Å². The highest BCUT2D eigenvalue weighted by molar-refractivity contribution is 7.92. The Balaban J connectivity index is 2.21. The Bertz CT molecular complexity index is 1160. The molecule has 2 aromatic heterocycles. The lowest BCUT2D eigenvalue weighted by Gasteiger charge is -2.13. The number of aromatic amines is 1. The van der Waals surface area contributed by atoms with Gasteiger partial charge in [0.1, 0.15) is 17.2 Å². The molecule has 2 heterocycles. The molecule has 0 amide bonds. The summed E-state index contributed by atoms with van der Waals surface area (Å²) < 4.78 is 33.1. The van der Waals surface area contributed by atoms with E-state index in [0.717, 1.165) is 18.2 Å². The van der Waals surface area contributed by atoms with Gasteiger partial charge in [-0.25, -0.2) is 13.4 Å². The summed E-state index contributed by atoms with van der Waals surface area (Å²) in [4.78, 5) is 20.0. The number of hydrogen-bond donors (Lipinski definition) is 2. The van der Waals surface area contributed by atoms with Crippen LogP contribution in [0, 0.1) is 6.92 Å². The summed E-state index contributed by atoms with van der Waals surface area (Å²) in [5.41, 5.74) is 2.00. The largest absolute Gasteiger partial charge is 0.493 e. The van der Waals surface area contributed by atoms with E-state index >= 15 is 0 Å². The van der Waals surface area contributed by atoms with Crippen LogP contribution in [0.15, 0.2) is 29.2 Å². The van der Waals surface area contributed by atoms with Crippen LogP contribution in [-0.4, -0.2) is 35.8 Å². The van der Waals surface area contributed by atoms with Gasteiger partial charge in [0.05, 0.1) is 23.8 Å². The lowest BCUT2D eigenvalue weighted by atomic mass is 10.1. The van der Waals surface area contributed by atoms with E-state index in [9.17, 15) is 13.2 Å². The summed E-state index contributed by atoms with van der Waals surface area (Å²) in [6.45, 7) is 4.32. The van der Waals surface area contributed by atoms with Crippen LogP contribution in [0.2, 0.25) is 0 Å². The molecule has 0 radical (unpaired) electrons. The number of ether oxygens (including phenoxy) is 1. The molecule has 144 valence electrons. The highest BCUT2D eigenvalue weighted by Crippen LogP contribution is 2.31. The lowest BCUT2D eigenvalue weighted by molar-refractivity contribution is 0.318. The fourth-order valence-electron chi connectivity index (χ4n) is 2.95. The second-order valence-electron chi connectivity index (χ2n) is 6.47. The molecule has 2 N–H and O–H groups in total. The molecule has 3 aromatic rings. The van der Waals surface area contributed by atoms with Crippen molar-refractivity contribution in [1.29, 1.82) is 0 Å². The zero-order chi connectivity index (χ0) is 19.8. The Hall–Kier alpha value is -2.81. The smallest absolute Gasteiger partial charge is 0.260 e. The number of benzene rings is 1. The summed E-state index contributed by atoms with van der Waals surface area (Å²) in [6.07, 6.45) is 3.72. The highest BCUT2D eigenvalue weighted by Gasteiger charge is 2.16. The van der Waals surface area contributed by atoms with Crippen molar-refractivity contribution < 1.29 is 13.2 Å². The molecule has 0 atom stereocenters. The topological polar surface area (TPSA) is 106 Å². The first-order chi connectivity index (χ1) is 12.7. The fourth-order valence-corrected chi connectivity index (χ4v) is 3.50. The van der Waals surface area contributed by atoms with Crippen LogP contribution in [0.5, 0.6) is 5.75 Å². The quantitative estimate of drug-likeness (QED) is 0.672. The van der Waals surface area contributed by atoms with E-state index in [4.69, 9.17) is 4.74 Å². The number of aryl methyl sites for hydroxylation is 2. The van der Waals surface area contributed by atoms with Crippen molar-refractivity contribution in [2.24, 2.45) is 7.05 Å². The second kappa shape index (κ2) is 7.07. The molecule has 8 nitrogen and oxygen atoms in total. The van der Waals surface area contributed by atoms with Gasteiger partial charge in [0.15, 0.2) is 0 Å². The average molecular weight is 390 g/mol. The minimum Gasteiger partial charge on any atom is -0.493 e. The molecule has 0 aliphatic heterocycles. The van der Waals surface area contributed by atoms with Gasteiger partial charge in [-0.1, -0.05) is 6.92 Å². The van der Waals surface area contributed by atoms with Gasteiger partial charge in [0.25, 0.3) is 5.56 Å². The number of nitrogens with zero attached hydrogens (tertiary/aromatic N) is 2. The summed E-state index contributed by atoms with van der Waals surface area (Å²) in [5, 5.41) is 0.530. The Morgan fingerprint density at radius 3 is 2.74 bits per heavy atom. The van der Waals surface area contributed by atoms with Gasteiger partial charge >= 0.3 is 0 Å². The number of rotatable bonds is 6. The Morgan fingerprint density at radius 1 is 1.33 bits per heavy atom. The zero-order valence-corrected chi connectivity index (χ0v) is 16.5. The number of sulfonamides is 1. The molecule has 0 unspecified atom stereocenters. The number of anilines is 1. The average Bonchev–Trinajstić information content (AvgIpc) is 2.86. The van der Waals surface area contributed by atoms with Crippen molar-refractivity contribution in [2.75, 3.05) is 17.6 Å². The number of H-pyrrole nitrogens is 1. The van der Waals surface area contributed by atoms with Crippen molar-refractivity contribution in [2.45, 2.75) is 20.3 Å². The molecule has 0 spiro atoms. The molecule has 0 fully saturated rings. The minimum absolute atomic E-state index is 0.254. The normalized spacial score (nSPS) is 11.7. The summed E-state index contributed by atoms with van der Waals surface area (Å²) >= 11 is 0. The van der Waals surface area contributed by atoms with Crippen LogP contribution in [-0.2, 0) is 17.1 Å². The third-order valence-corrected chi connectivity index (χ3v) is 4.62. The van der Waals surface area contributed by atoms with Gasteiger partial charge in [0, 0.05) is 18.9 Å². The maximum atomic E-state index is 12.6. The molecule has 1 aromatic carbocycles.